The summed E-state index contributed by atoms with van der Waals surface area (Å²) in [7, 11) is 0. The number of rotatable bonds is 5. The van der Waals surface area contributed by atoms with E-state index in [0.717, 1.165) is 21.3 Å². The number of benzene rings is 2. The Bertz CT molecular complexity index is 1100. The lowest BCUT2D eigenvalue weighted by Crippen LogP contribution is -2.39. The molecule has 0 atom stereocenters. The van der Waals surface area contributed by atoms with Gasteiger partial charge in [-0.3, -0.25) is 0 Å². The van der Waals surface area contributed by atoms with Gasteiger partial charge in [-0.05, 0) is 49.2 Å². The van der Waals surface area contributed by atoms with Gasteiger partial charge < -0.3 is 15.5 Å². The molecule has 3 rings (SSSR count). The predicted octanol–water partition coefficient (Wildman–Crippen LogP) is 5.17. The second-order valence-corrected chi connectivity index (χ2v) is 7.92. The molecular formula is C23H22BrN2O2S+. The summed E-state index contributed by atoms with van der Waals surface area (Å²) in [6.45, 7) is 3.95. The number of pyridine rings is 1. The number of thiocarbonyl (C=S) groups is 1. The fraction of sp³-hybridized carbons (Fsp3) is 0.130. The SMILES string of the molecule is Cc1cccc(NC(=S)/C(=C(\O)c2ccccc2Br)[n+]2cccc(CO)c2)c1C. The van der Waals surface area contributed by atoms with Crippen molar-refractivity contribution < 1.29 is 14.8 Å². The van der Waals surface area contributed by atoms with Crippen LogP contribution in [0, 0.1) is 13.8 Å². The third kappa shape index (κ3) is 4.72. The van der Waals surface area contributed by atoms with Crippen molar-refractivity contribution in [3.63, 3.8) is 0 Å². The summed E-state index contributed by atoms with van der Waals surface area (Å²) < 4.78 is 2.48. The van der Waals surface area contributed by atoms with Crippen LogP contribution in [0.25, 0.3) is 11.5 Å². The number of nitrogens with zero attached hydrogens (tertiary/aromatic N) is 1. The normalized spacial score (nSPS) is 11.7. The largest absolute Gasteiger partial charge is 0.502 e. The van der Waals surface area contributed by atoms with Crippen LogP contribution < -0.4 is 9.88 Å². The van der Waals surface area contributed by atoms with Crippen molar-refractivity contribution in [3.05, 3.63) is 93.7 Å². The molecule has 0 amide bonds. The molecule has 1 heterocycles. The number of aryl methyl sites for hydroxylation is 1. The molecule has 0 radical (unpaired) electrons. The lowest BCUT2D eigenvalue weighted by molar-refractivity contribution is -0.576. The molecule has 0 aliphatic heterocycles. The van der Waals surface area contributed by atoms with Crippen LogP contribution in [0.15, 0.2) is 71.5 Å². The van der Waals surface area contributed by atoms with Crippen molar-refractivity contribution >= 4 is 50.3 Å². The zero-order valence-electron chi connectivity index (χ0n) is 16.2. The highest BCUT2D eigenvalue weighted by atomic mass is 79.9. The Morgan fingerprint density at radius 1 is 1.07 bits per heavy atom. The summed E-state index contributed by atoms with van der Waals surface area (Å²) >= 11 is 9.21. The molecule has 29 heavy (non-hydrogen) atoms. The van der Waals surface area contributed by atoms with Gasteiger partial charge in [0.05, 0.1) is 6.61 Å². The zero-order valence-corrected chi connectivity index (χ0v) is 18.6. The second-order valence-electron chi connectivity index (χ2n) is 6.66. The average molecular weight is 470 g/mol. The third-order valence-electron chi connectivity index (χ3n) is 4.72. The van der Waals surface area contributed by atoms with Crippen molar-refractivity contribution in [3.8, 4) is 0 Å². The van der Waals surface area contributed by atoms with E-state index in [1.807, 2.05) is 62.4 Å². The van der Waals surface area contributed by atoms with Gasteiger partial charge in [0.25, 0.3) is 5.70 Å². The van der Waals surface area contributed by atoms with Gasteiger partial charge in [0.2, 0.25) is 0 Å². The number of nitrogens with one attached hydrogen (secondary N) is 1. The molecule has 0 fully saturated rings. The molecule has 148 valence electrons. The standard InChI is InChI=1S/C23H21BrN2O2S/c1-15-7-5-11-20(16(15)2)25-23(29)21(26-12-6-8-17(13-26)14-27)22(28)18-9-3-4-10-19(18)24/h3-13,27H,14H2,1-2H3,(H-,25,28,29)/p+1. The van der Waals surface area contributed by atoms with E-state index in [-0.39, 0.29) is 12.4 Å². The van der Waals surface area contributed by atoms with Gasteiger partial charge in [-0.15, -0.1) is 0 Å². The van der Waals surface area contributed by atoms with Crippen molar-refractivity contribution in [1.29, 1.82) is 0 Å². The number of aromatic nitrogens is 1. The summed E-state index contributed by atoms with van der Waals surface area (Å²) in [5.41, 5.74) is 4.86. The molecule has 2 aromatic carbocycles. The minimum atomic E-state index is -0.110. The van der Waals surface area contributed by atoms with Crippen LogP contribution in [0.4, 0.5) is 5.69 Å². The van der Waals surface area contributed by atoms with E-state index >= 15 is 0 Å². The molecule has 0 bridgehead atoms. The second kappa shape index (κ2) is 9.31. The molecule has 4 nitrogen and oxygen atoms in total. The molecule has 0 unspecified atom stereocenters. The van der Waals surface area contributed by atoms with Gasteiger partial charge in [0.15, 0.2) is 23.1 Å². The van der Waals surface area contributed by atoms with Crippen LogP contribution in [0.5, 0.6) is 0 Å². The monoisotopic (exact) mass is 469 g/mol. The Balaban J connectivity index is 2.14. The first-order valence-corrected chi connectivity index (χ1v) is 10.3. The highest BCUT2D eigenvalue weighted by Gasteiger charge is 2.25. The topological polar surface area (TPSA) is 56.4 Å². The lowest BCUT2D eigenvalue weighted by Gasteiger charge is -2.14. The Labute approximate surface area is 184 Å². The molecule has 3 aromatic rings. The fourth-order valence-corrected chi connectivity index (χ4v) is 3.74. The fourth-order valence-electron chi connectivity index (χ4n) is 2.95. The minimum absolute atomic E-state index is 0.0281. The molecule has 1 aromatic heterocycles. The number of halogens is 1. The van der Waals surface area contributed by atoms with Gasteiger partial charge >= 0.3 is 0 Å². The van der Waals surface area contributed by atoms with Crippen molar-refractivity contribution in [1.82, 2.24) is 0 Å². The average Bonchev–Trinajstić information content (AvgIpc) is 2.72. The lowest BCUT2D eigenvalue weighted by atomic mass is 10.1. The van der Waals surface area contributed by atoms with E-state index in [2.05, 4.69) is 21.2 Å². The first-order valence-electron chi connectivity index (χ1n) is 9.09. The van der Waals surface area contributed by atoms with Gasteiger partial charge in [-0.1, -0.05) is 52.4 Å². The van der Waals surface area contributed by atoms with Crippen LogP contribution in [-0.2, 0) is 6.61 Å². The van der Waals surface area contributed by atoms with Crippen molar-refractivity contribution in [2.75, 3.05) is 5.32 Å². The number of aliphatic hydroxyl groups excluding tert-OH is 2. The molecule has 6 heteroatoms. The quantitative estimate of drug-likeness (QED) is 0.209. The Morgan fingerprint density at radius 3 is 2.55 bits per heavy atom. The van der Waals surface area contributed by atoms with Crippen LogP contribution in [0.3, 0.4) is 0 Å². The van der Waals surface area contributed by atoms with E-state index in [1.54, 1.807) is 23.0 Å². The van der Waals surface area contributed by atoms with E-state index in [9.17, 15) is 10.2 Å². The Kier molecular flexibility index (Phi) is 6.79. The maximum Gasteiger partial charge on any atom is 0.288 e. The molecule has 3 N–H and O–H groups in total. The Hall–Kier alpha value is -2.54. The smallest absolute Gasteiger partial charge is 0.288 e. The summed E-state index contributed by atoms with van der Waals surface area (Å²) in [6, 6.07) is 17.0. The van der Waals surface area contributed by atoms with Crippen LogP contribution in [0.1, 0.15) is 22.3 Å². The highest BCUT2D eigenvalue weighted by Crippen LogP contribution is 2.26. The number of hydrogen-bond acceptors (Lipinski definition) is 3. The number of hydrogen-bond donors (Lipinski definition) is 3. The summed E-state index contributed by atoms with van der Waals surface area (Å²) in [5.74, 6) is 0.0281. The molecule has 0 aliphatic rings. The summed E-state index contributed by atoms with van der Waals surface area (Å²) in [4.78, 5) is 0.368. The van der Waals surface area contributed by atoms with Gasteiger partial charge in [-0.25, -0.2) is 0 Å². The van der Waals surface area contributed by atoms with E-state index in [0.29, 0.717) is 21.8 Å². The van der Waals surface area contributed by atoms with Crippen LogP contribution in [-0.4, -0.2) is 15.2 Å². The van der Waals surface area contributed by atoms with Crippen LogP contribution in [0.2, 0.25) is 0 Å². The molecule has 0 spiro atoms. The maximum absolute atomic E-state index is 11.2. The van der Waals surface area contributed by atoms with Crippen molar-refractivity contribution in [2.24, 2.45) is 0 Å². The summed E-state index contributed by atoms with van der Waals surface area (Å²) in [6.07, 6.45) is 3.54. The first-order chi connectivity index (χ1) is 13.9. The highest BCUT2D eigenvalue weighted by molar-refractivity contribution is 9.10. The van der Waals surface area contributed by atoms with Gasteiger partial charge in [0.1, 0.15) is 0 Å². The number of anilines is 1. The molecular weight excluding hydrogens is 448 g/mol. The minimum Gasteiger partial charge on any atom is -0.502 e. The predicted molar refractivity (Wildman–Crippen MR) is 125 cm³/mol. The molecule has 0 saturated heterocycles. The zero-order chi connectivity index (χ0) is 21.0. The maximum atomic E-state index is 11.2. The van der Waals surface area contributed by atoms with Gasteiger partial charge in [-0.2, -0.15) is 4.57 Å². The molecule has 0 aliphatic carbocycles. The van der Waals surface area contributed by atoms with Crippen molar-refractivity contribution in [2.45, 2.75) is 20.5 Å². The van der Waals surface area contributed by atoms with Gasteiger partial charge in [0, 0.05) is 27.4 Å². The van der Waals surface area contributed by atoms with E-state index < -0.39 is 0 Å². The van der Waals surface area contributed by atoms with E-state index in [4.69, 9.17) is 12.2 Å². The van der Waals surface area contributed by atoms with E-state index in [1.165, 1.54) is 0 Å². The number of aliphatic hydroxyl groups is 2. The summed E-state index contributed by atoms with van der Waals surface area (Å²) in [5, 5.41) is 24.0. The molecule has 0 saturated carbocycles. The Morgan fingerprint density at radius 2 is 1.83 bits per heavy atom. The third-order valence-corrected chi connectivity index (χ3v) is 5.71. The van der Waals surface area contributed by atoms with Crippen LogP contribution >= 0.6 is 28.1 Å². The first kappa shape index (κ1) is 21.2.